The maximum atomic E-state index is 5.83. The smallest absolute Gasteiger partial charge is 0.227 e. The number of nitrogens with zero attached hydrogens (tertiary/aromatic N) is 2. The SMILES string of the molecule is CCNc1ncnc(Oc2cc(OC)cc(OC)c2)c1C. The average Bonchev–Trinajstić information content (AvgIpc) is 2.51. The van der Waals surface area contributed by atoms with E-state index < -0.39 is 0 Å². The van der Waals surface area contributed by atoms with Crippen LogP contribution >= 0.6 is 0 Å². The molecule has 0 saturated heterocycles. The van der Waals surface area contributed by atoms with Gasteiger partial charge in [0.25, 0.3) is 0 Å². The zero-order chi connectivity index (χ0) is 15.2. The first kappa shape index (κ1) is 14.9. The molecule has 0 aliphatic carbocycles. The first-order valence-corrected chi connectivity index (χ1v) is 6.64. The predicted molar refractivity (Wildman–Crippen MR) is 80.6 cm³/mol. The van der Waals surface area contributed by atoms with E-state index in [2.05, 4.69) is 15.3 Å². The highest BCUT2D eigenvalue weighted by atomic mass is 16.5. The Labute approximate surface area is 124 Å². The Kier molecular flexibility index (Phi) is 4.81. The normalized spacial score (nSPS) is 10.1. The van der Waals surface area contributed by atoms with Crippen molar-refractivity contribution in [2.24, 2.45) is 0 Å². The molecular formula is C15H19N3O3. The van der Waals surface area contributed by atoms with Crippen molar-refractivity contribution < 1.29 is 14.2 Å². The molecule has 0 amide bonds. The van der Waals surface area contributed by atoms with E-state index in [0.717, 1.165) is 17.9 Å². The van der Waals surface area contributed by atoms with Gasteiger partial charge in [-0.1, -0.05) is 0 Å². The highest BCUT2D eigenvalue weighted by Crippen LogP contribution is 2.32. The van der Waals surface area contributed by atoms with Crippen molar-refractivity contribution in [2.45, 2.75) is 13.8 Å². The lowest BCUT2D eigenvalue weighted by Crippen LogP contribution is -2.03. The Hall–Kier alpha value is -2.50. The van der Waals surface area contributed by atoms with E-state index in [4.69, 9.17) is 14.2 Å². The van der Waals surface area contributed by atoms with E-state index in [9.17, 15) is 0 Å². The third kappa shape index (κ3) is 3.53. The molecule has 2 rings (SSSR count). The van der Waals surface area contributed by atoms with Gasteiger partial charge in [-0.3, -0.25) is 0 Å². The molecule has 2 aromatic rings. The molecule has 0 bridgehead atoms. The van der Waals surface area contributed by atoms with Gasteiger partial charge in [-0.25, -0.2) is 9.97 Å². The zero-order valence-corrected chi connectivity index (χ0v) is 12.6. The second-order valence-corrected chi connectivity index (χ2v) is 4.33. The van der Waals surface area contributed by atoms with Crippen molar-refractivity contribution in [1.29, 1.82) is 0 Å². The monoisotopic (exact) mass is 289 g/mol. The lowest BCUT2D eigenvalue weighted by Gasteiger charge is -2.12. The van der Waals surface area contributed by atoms with Gasteiger partial charge in [0.2, 0.25) is 5.88 Å². The van der Waals surface area contributed by atoms with Crippen molar-refractivity contribution in [2.75, 3.05) is 26.1 Å². The fraction of sp³-hybridized carbons (Fsp3) is 0.333. The molecule has 1 aromatic carbocycles. The van der Waals surface area contributed by atoms with Gasteiger partial charge in [0.1, 0.15) is 29.4 Å². The molecule has 0 aliphatic heterocycles. The minimum Gasteiger partial charge on any atom is -0.496 e. The summed E-state index contributed by atoms with van der Waals surface area (Å²) in [4.78, 5) is 8.36. The first-order valence-electron chi connectivity index (χ1n) is 6.64. The van der Waals surface area contributed by atoms with Crippen LogP contribution in [0.25, 0.3) is 0 Å². The summed E-state index contributed by atoms with van der Waals surface area (Å²) < 4.78 is 16.3. The van der Waals surface area contributed by atoms with Crippen molar-refractivity contribution in [3.8, 4) is 23.1 Å². The van der Waals surface area contributed by atoms with Crippen LogP contribution in [0.5, 0.6) is 23.1 Å². The van der Waals surface area contributed by atoms with Gasteiger partial charge in [-0.05, 0) is 13.8 Å². The summed E-state index contributed by atoms with van der Waals surface area (Å²) in [7, 11) is 3.19. The number of rotatable bonds is 6. The Morgan fingerprint density at radius 3 is 2.19 bits per heavy atom. The largest absolute Gasteiger partial charge is 0.496 e. The van der Waals surface area contributed by atoms with Crippen molar-refractivity contribution in [3.63, 3.8) is 0 Å². The van der Waals surface area contributed by atoms with E-state index in [-0.39, 0.29) is 0 Å². The predicted octanol–water partition coefficient (Wildman–Crippen LogP) is 3.03. The van der Waals surface area contributed by atoms with Crippen LogP contribution in [-0.4, -0.2) is 30.7 Å². The molecule has 0 saturated carbocycles. The van der Waals surface area contributed by atoms with Crippen molar-refractivity contribution >= 4 is 5.82 Å². The summed E-state index contributed by atoms with van der Waals surface area (Å²) in [6.07, 6.45) is 1.47. The summed E-state index contributed by atoms with van der Waals surface area (Å²) >= 11 is 0. The zero-order valence-electron chi connectivity index (χ0n) is 12.6. The van der Waals surface area contributed by atoms with Crippen LogP contribution in [0.3, 0.4) is 0 Å². The summed E-state index contributed by atoms with van der Waals surface area (Å²) in [5, 5.41) is 3.17. The van der Waals surface area contributed by atoms with Crippen LogP contribution in [-0.2, 0) is 0 Å². The average molecular weight is 289 g/mol. The molecule has 0 unspecified atom stereocenters. The van der Waals surface area contributed by atoms with Crippen LogP contribution in [0.1, 0.15) is 12.5 Å². The fourth-order valence-electron chi connectivity index (χ4n) is 1.83. The van der Waals surface area contributed by atoms with Crippen LogP contribution in [0.2, 0.25) is 0 Å². The summed E-state index contributed by atoms with van der Waals surface area (Å²) in [6, 6.07) is 5.33. The number of aromatic nitrogens is 2. The van der Waals surface area contributed by atoms with Crippen molar-refractivity contribution in [1.82, 2.24) is 9.97 Å². The highest BCUT2D eigenvalue weighted by molar-refractivity contribution is 5.50. The molecular weight excluding hydrogens is 270 g/mol. The molecule has 1 aromatic heterocycles. The quantitative estimate of drug-likeness (QED) is 0.881. The van der Waals surface area contributed by atoms with Crippen LogP contribution in [0.15, 0.2) is 24.5 Å². The molecule has 0 fully saturated rings. The first-order chi connectivity index (χ1) is 10.2. The van der Waals surface area contributed by atoms with Gasteiger partial charge >= 0.3 is 0 Å². The second kappa shape index (κ2) is 6.78. The Balaban J connectivity index is 2.31. The van der Waals surface area contributed by atoms with Gasteiger partial charge < -0.3 is 19.5 Å². The van der Waals surface area contributed by atoms with E-state index in [1.54, 1.807) is 32.4 Å². The molecule has 6 heteroatoms. The molecule has 0 aliphatic rings. The minimum atomic E-state index is 0.497. The summed E-state index contributed by atoms with van der Waals surface area (Å²) in [6.45, 7) is 4.70. The van der Waals surface area contributed by atoms with Crippen LogP contribution in [0.4, 0.5) is 5.82 Å². The Morgan fingerprint density at radius 2 is 1.62 bits per heavy atom. The molecule has 0 atom stereocenters. The molecule has 112 valence electrons. The van der Waals surface area contributed by atoms with Gasteiger partial charge in [0.05, 0.1) is 19.8 Å². The minimum absolute atomic E-state index is 0.497. The number of hydrogen-bond acceptors (Lipinski definition) is 6. The van der Waals surface area contributed by atoms with Crippen LogP contribution < -0.4 is 19.5 Å². The number of ether oxygens (including phenoxy) is 3. The van der Waals surface area contributed by atoms with E-state index in [1.807, 2.05) is 13.8 Å². The number of benzene rings is 1. The van der Waals surface area contributed by atoms with Gasteiger partial charge in [0.15, 0.2) is 0 Å². The lowest BCUT2D eigenvalue weighted by atomic mass is 10.3. The molecule has 6 nitrogen and oxygen atoms in total. The maximum absolute atomic E-state index is 5.83. The summed E-state index contributed by atoms with van der Waals surface area (Å²) in [5.74, 6) is 3.16. The number of nitrogens with one attached hydrogen (secondary N) is 1. The van der Waals surface area contributed by atoms with Crippen molar-refractivity contribution in [3.05, 3.63) is 30.1 Å². The number of hydrogen-bond donors (Lipinski definition) is 1. The second-order valence-electron chi connectivity index (χ2n) is 4.33. The molecule has 1 heterocycles. The third-order valence-electron chi connectivity index (χ3n) is 2.92. The number of anilines is 1. The lowest BCUT2D eigenvalue weighted by molar-refractivity contribution is 0.384. The van der Waals surface area contributed by atoms with Gasteiger partial charge in [-0.15, -0.1) is 0 Å². The van der Waals surface area contributed by atoms with E-state index in [1.165, 1.54) is 6.33 Å². The Morgan fingerprint density at radius 1 is 1.00 bits per heavy atom. The van der Waals surface area contributed by atoms with E-state index >= 15 is 0 Å². The maximum Gasteiger partial charge on any atom is 0.227 e. The Bertz CT molecular complexity index is 595. The number of methoxy groups -OCH3 is 2. The standard InChI is InChI=1S/C15H19N3O3/c1-5-16-14-10(2)15(18-9-17-14)21-13-7-11(19-3)6-12(8-13)20-4/h6-9H,5H2,1-4H3,(H,16,17,18). The van der Waals surface area contributed by atoms with Gasteiger partial charge in [0, 0.05) is 24.7 Å². The third-order valence-corrected chi connectivity index (χ3v) is 2.92. The molecule has 0 radical (unpaired) electrons. The summed E-state index contributed by atoms with van der Waals surface area (Å²) in [5.41, 5.74) is 0.848. The molecule has 0 spiro atoms. The topological polar surface area (TPSA) is 65.5 Å². The van der Waals surface area contributed by atoms with Crippen LogP contribution in [0, 0.1) is 6.92 Å². The molecule has 1 N–H and O–H groups in total. The van der Waals surface area contributed by atoms with Gasteiger partial charge in [-0.2, -0.15) is 0 Å². The fourth-order valence-corrected chi connectivity index (χ4v) is 1.83. The van der Waals surface area contributed by atoms with E-state index in [0.29, 0.717) is 23.1 Å². The molecule has 21 heavy (non-hydrogen) atoms. The highest BCUT2D eigenvalue weighted by Gasteiger charge is 2.10.